The SMILES string of the molecule is Nc1nnn(CC(=O)N/N=C\c2cc([N+](=O)[O-])ccc2[O-])n1. The van der Waals surface area contributed by atoms with E-state index in [1.165, 1.54) is 0 Å². The number of carbonyl (C=O) groups excluding carboxylic acids is 1. The molecule has 0 unspecified atom stereocenters. The fourth-order valence-electron chi connectivity index (χ4n) is 1.41. The van der Waals surface area contributed by atoms with Crippen molar-refractivity contribution in [3.05, 3.63) is 33.9 Å². The monoisotopic (exact) mass is 305 g/mol. The molecule has 1 aromatic carbocycles. The summed E-state index contributed by atoms with van der Waals surface area (Å²) in [6.45, 7) is -0.277. The molecule has 12 nitrogen and oxygen atoms in total. The van der Waals surface area contributed by atoms with Gasteiger partial charge in [-0.15, -0.1) is 5.10 Å². The zero-order chi connectivity index (χ0) is 16.1. The lowest BCUT2D eigenvalue weighted by atomic mass is 10.2. The van der Waals surface area contributed by atoms with Crippen molar-refractivity contribution in [1.29, 1.82) is 0 Å². The first-order chi connectivity index (χ1) is 10.5. The number of nitrogens with one attached hydrogen (secondary N) is 1. The molecule has 0 aliphatic carbocycles. The number of non-ortho nitro benzene ring substituents is 1. The molecule has 0 radical (unpaired) electrons. The van der Waals surface area contributed by atoms with E-state index in [2.05, 4.69) is 25.9 Å². The number of aromatic nitrogens is 4. The topological polar surface area (TPSA) is 177 Å². The molecule has 114 valence electrons. The Morgan fingerprint density at radius 1 is 1.55 bits per heavy atom. The van der Waals surface area contributed by atoms with E-state index in [1.54, 1.807) is 0 Å². The van der Waals surface area contributed by atoms with E-state index in [9.17, 15) is 20.0 Å². The number of hydrogen-bond donors (Lipinski definition) is 2. The second-order valence-corrected chi connectivity index (χ2v) is 3.95. The molecule has 12 heteroatoms. The zero-order valence-electron chi connectivity index (χ0n) is 10.9. The molecule has 0 fully saturated rings. The molecule has 0 aliphatic rings. The Hall–Kier alpha value is -3.57. The summed E-state index contributed by atoms with van der Waals surface area (Å²) in [4.78, 5) is 22.4. The molecule has 0 aliphatic heterocycles. The normalized spacial score (nSPS) is 10.7. The predicted octanol–water partition coefficient (Wildman–Crippen LogP) is -1.61. The molecular formula is C10H9N8O4-. The number of benzene rings is 1. The van der Waals surface area contributed by atoms with Gasteiger partial charge in [0, 0.05) is 12.1 Å². The van der Waals surface area contributed by atoms with Gasteiger partial charge in [0.05, 0.1) is 11.1 Å². The van der Waals surface area contributed by atoms with Crippen LogP contribution < -0.4 is 16.3 Å². The Labute approximate surface area is 122 Å². The van der Waals surface area contributed by atoms with Gasteiger partial charge in [0.2, 0.25) is 0 Å². The Kier molecular flexibility index (Phi) is 4.22. The van der Waals surface area contributed by atoms with Crippen LogP contribution in [-0.2, 0) is 11.3 Å². The molecule has 1 heterocycles. The van der Waals surface area contributed by atoms with Gasteiger partial charge in [-0.2, -0.15) is 9.90 Å². The zero-order valence-corrected chi connectivity index (χ0v) is 10.9. The van der Waals surface area contributed by atoms with Crippen LogP contribution in [0.1, 0.15) is 5.56 Å². The third-order valence-electron chi connectivity index (χ3n) is 2.35. The van der Waals surface area contributed by atoms with Crippen molar-refractivity contribution in [3.63, 3.8) is 0 Å². The van der Waals surface area contributed by atoms with Crippen LogP contribution in [0.25, 0.3) is 0 Å². The first kappa shape index (κ1) is 14.8. The molecule has 0 saturated heterocycles. The van der Waals surface area contributed by atoms with Gasteiger partial charge in [0.15, 0.2) is 0 Å². The second kappa shape index (κ2) is 6.25. The number of rotatable bonds is 5. The first-order valence-corrected chi connectivity index (χ1v) is 5.76. The first-order valence-electron chi connectivity index (χ1n) is 5.76. The molecule has 1 aromatic heterocycles. The number of tetrazole rings is 1. The number of nitro groups is 1. The minimum absolute atomic E-state index is 0.0300. The Morgan fingerprint density at radius 3 is 2.95 bits per heavy atom. The summed E-state index contributed by atoms with van der Waals surface area (Å²) >= 11 is 0. The van der Waals surface area contributed by atoms with Gasteiger partial charge >= 0.3 is 0 Å². The van der Waals surface area contributed by atoms with Crippen molar-refractivity contribution in [2.45, 2.75) is 6.54 Å². The average molecular weight is 305 g/mol. The van der Waals surface area contributed by atoms with E-state index >= 15 is 0 Å². The quantitative estimate of drug-likeness (QED) is 0.376. The van der Waals surface area contributed by atoms with Crippen LogP contribution in [0.3, 0.4) is 0 Å². The van der Waals surface area contributed by atoms with E-state index in [4.69, 9.17) is 5.73 Å². The number of amides is 1. The van der Waals surface area contributed by atoms with E-state index in [-0.39, 0.29) is 23.7 Å². The van der Waals surface area contributed by atoms with Gasteiger partial charge < -0.3 is 10.8 Å². The number of hydrogen-bond acceptors (Lipinski definition) is 9. The molecule has 2 aromatic rings. The molecule has 1 amide bonds. The number of nitro benzene ring substituents is 1. The van der Waals surface area contributed by atoms with Crippen LogP contribution in [0, 0.1) is 10.1 Å². The summed E-state index contributed by atoms with van der Waals surface area (Å²) in [5, 5.41) is 36.1. The predicted molar refractivity (Wildman–Crippen MR) is 70.5 cm³/mol. The lowest BCUT2D eigenvalue weighted by Gasteiger charge is -2.08. The molecule has 2 rings (SSSR count). The molecule has 0 bridgehead atoms. The lowest BCUT2D eigenvalue weighted by molar-refractivity contribution is -0.385. The van der Waals surface area contributed by atoms with E-state index in [0.29, 0.717) is 0 Å². The minimum atomic E-state index is -0.643. The molecular weight excluding hydrogens is 296 g/mol. The van der Waals surface area contributed by atoms with Crippen molar-refractivity contribution in [2.75, 3.05) is 5.73 Å². The van der Waals surface area contributed by atoms with E-state index in [1.807, 2.05) is 0 Å². The molecule has 0 atom stereocenters. The lowest BCUT2D eigenvalue weighted by Crippen LogP contribution is -2.24. The second-order valence-electron chi connectivity index (χ2n) is 3.95. The summed E-state index contributed by atoms with van der Waals surface area (Å²) < 4.78 is 0. The highest BCUT2D eigenvalue weighted by atomic mass is 16.6. The fourth-order valence-corrected chi connectivity index (χ4v) is 1.41. The number of hydrazone groups is 1. The van der Waals surface area contributed by atoms with Gasteiger partial charge in [-0.1, -0.05) is 16.9 Å². The highest BCUT2D eigenvalue weighted by Crippen LogP contribution is 2.18. The smallest absolute Gasteiger partial charge is 0.270 e. The van der Waals surface area contributed by atoms with Crippen LogP contribution in [-0.4, -0.2) is 37.3 Å². The standard InChI is InChI=1S/C10H10N8O4/c11-10-14-16-17(15-10)5-9(20)13-12-4-6-3-7(18(21)22)1-2-8(6)19/h1-4,19H,5H2,(H2,11,15)(H,13,20)/p-1/b12-4-. The van der Waals surface area contributed by atoms with E-state index < -0.39 is 16.6 Å². The molecule has 22 heavy (non-hydrogen) atoms. The van der Waals surface area contributed by atoms with Crippen LogP contribution >= 0.6 is 0 Å². The van der Waals surface area contributed by atoms with Crippen LogP contribution in [0.2, 0.25) is 0 Å². The van der Waals surface area contributed by atoms with Gasteiger partial charge in [-0.3, -0.25) is 14.9 Å². The maximum absolute atomic E-state index is 11.5. The molecule has 0 spiro atoms. The Bertz CT molecular complexity index is 740. The summed E-state index contributed by atoms with van der Waals surface area (Å²) in [5.74, 6) is -1.13. The van der Waals surface area contributed by atoms with Crippen LogP contribution in [0.15, 0.2) is 23.3 Å². The fraction of sp³-hybridized carbons (Fsp3) is 0.100. The van der Waals surface area contributed by atoms with Crippen molar-refractivity contribution < 1.29 is 14.8 Å². The Balaban J connectivity index is 1.98. The Morgan fingerprint density at radius 2 is 2.32 bits per heavy atom. The highest BCUT2D eigenvalue weighted by molar-refractivity contribution is 5.85. The minimum Gasteiger partial charge on any atom is -0.872 e. The summed E-state index contributed by atoms with van der Waals surface area (Å²) in [5.41, 5.74) is 7.06. The highest BCUT2D eigenvalue weighted by Gasteiger charge is 2.06. The van der Waals surface area contributed by atoms with Gasteiger partial charge in [0.1, 0.15) is 6.54 Å². The average Bonchev–Trinajstić information content (AvgIpc) is 2.85. The number of nitrogens with two attached hydrogens (primary N) is 1. The van der Waals surface area contributed by atoms with Gasteiger partial charge in [0.25, 0.3) is 17.5 Å². The van der Waals surface area contributed by atoms with Crippen LogP contribution in [0.5, 0.6) is 5.75 Å². The summed E-state index contributed by atoms with van der Waals surface area (Å²) in [6, 6.07) is 3.18. The summed E-state index contributed by atoms with van der Waals surface area (Å²) in [6.07, 6.45) is 1.01. The number of nitrogens with zero attached hydrogens (tertiary/aromatic N) is 6. The number of anilines is 1. The largest absolute Gasteiger partial charge is 0.872 e. The van der Waals surface area contributed by atoms with Crippen molar-refractivity contribution in [3.8, 4) is 5.75 Å². The van der Waals surface area contributed by atoms with Gasteiger partial charge in [-0.25, -0.2) is 5.43 Å². The summed E-state index contributed by atoms with van der Waals surface area (Å²) in [7, 11) is 0. The van der Waals surface area contributed by atoms with E-state index in [0.717, 1.165) is 29.2 Å². The van der Waals surface area contributed by atoms with Crippen molar-refractivity contribution in [2.24, 2.45) is 5.10 Å². The maximum Gasteiger partial charge on any atom is 0.270 e. The number of nitrogen functional groups attached to an aromatic ring is 1. The maximum atomic E-state index is 11.5. The van der Waals surface area contributed by atoms with Crippen molar-refractivity contribution >= 4 is 23.8 Å². The van der Waals surface area contributed by atoms with Crippen molar-refractivity contribution in [1.82, 2.24) is 25.6 Å². The third-order valence-corrected chi connectivity index (χ3v) is 2.35. The van der Waals surface area contributed by atoms with Crippen LogP contribution in [0.4, 0.5) is 11.6 Å². The molecule has 0 saturated carbocycles. The number of carbonyl (C=O) groups is 1. The third kappa shape index (κ3) is 3.72. The molecule has 3 N–H and O–H groups in total. The van der Waals surface area contributed by atoms with Gasteiger partial charge in [-0.05, 0) is 10.8 Å².